The number of hydrogen-bond acceptors (Lipinski definition) is 4. The predicted molar refractivity (Wildman–Crippen MR) is 82.8 cm³/mol. The fourth-order valence-electron chi connectivity index (χ4n) is 1.93. The molecule has 0 atom stereocenters. The van der Waals surface area contributed by atoms with Crippen molar-refractivity contribution in [3.63, 3.8) is 0 Å². The second-order valence-corrected chi connectivity index (χ2v) is 5.46. The number of aromatic nitrogens is 2. The molecular formula is C13H12BrFN4O3. The molecule has 0 saturated carbocycles. The van der Waals surface area contributed by atoms with Gasteiger partial charge in [0.25, 0.3) is 11.5 Å². The highest BCUT2D eigenvalue weighted by molar-refractivity contribution is 9.10. The number of rotatable bonds is 3. The highest BCUT2D eigenvalue weighted by atomic mass is 79.9. The van der Waals surface area contributed by atoms with E-state index in [0.717, 1.165) is 9.13 Å². The molecule has 0 unspecified atom stereocenters. The molecule has 0 aliphatic heterocycles. The quantitative estimate of drug-likeness (QED) is 0.835. The molecule has 1 aromatic carbocycles. The van der Waals surface area contributed by atoms with Gasteiger partial charge >= 0.3 is 5.69 Å². The zero-order chi connectivity index (χ0) is 16.6. The maximum atomic E-state index is 13.9. The van der Waals surface area contributed by atoms with Crippen molar-refractivity contribution in [2.75, 3.05) is 5.32 Å². The van der Waals surface area contributed by atoms with Crippen molar-refractivity contribution in [3.05, 3.63) is 54.9 Å². The van der Waals surface area contributed by atoms with Gasteiger partial charge in [-0.25, -0.2) is 9.18 Å². The molecule has 2 rings (SSSR count). The maximum absolute atomic E-state index is 13.9. The third-order valence-electron chi connectivity index (χ3n) is 3.10. The number of anilines is 2. The van der Waals surface area contributed by atoms with Gasteiger partial charge in [0.05, 0.1) is 5.69 Å². The lowest BCUT2D eigenvalue weighted by Gasteiger charge is -2.15. The summed E-state index contributed by atoms with van der Waals surface area (Å²) in [6.07, 6.45) is 0. The minimum atomic E-state index is -1.02. The third-order valence-corrected chi connectivity index (χ3v) is 3.59. The summed E-state index contributed by atoms with van der Waals surface area (Å²) in [4.78, 5) is 35.5. The van der Waals surface area contributed by atoms with Crippen molar-refractivity contribution < 1.29 is 9.18 Å². The average molecular weight is 371 g/mol. The number of nitrogens with zero attached hydrogens (tertiary/aromatic N) is 2. The smallest absolute Gasteiger partial charge is 0.332 e. The molecule has 1 aromatic heterocycles. The van der Waals surface area contributed by atoms with Crippen molar-refractivity contribution in [2.24, 2.45) is 19.8 Å². The molecule has 0 saturated heterocycles. The summed E-state index contributed by atoms with van der Waals surface area (Å²) in [5.41, 5.74) is 3.26. The van der Waals surface area contributed by atoms with Gasteiger partial charge < -0.3 is 11.1 Å². The number of benzene rings is 1. The molecule has 1 heterocycles. The molecule has 9 heteroatoms. The Morgan fingerprint density at radius 2 is 1.91 bits per heavy atom. The Balaban J connectivity index is 2.72. The molecule has 0 aliphatic carbocycles. The van der Waals surface area contributed by atoms with Crippen LogP contribution in [0.3, 0.4) is 0 Å². The molecule has 3 N–H and O–H groups in total. The van der Waals surface area contributed by atoms with E-state index in [1.165, 1.54) is 26.2 Å². The summed E-state index contributed by atoms with van der Waals surface area (Å²) >= 11 is 3.12. The second kappa shape index (κ2) is 5.76. The molecule has 116 valence electrons. The number of halogens is 2. The van der Waals surface area contributed by atoms with Crippen molar-refractivity contribution in [2.45, 2.75) is 0 Å². The van der Waals surface area contributed by atoms with Gasteiger partial charge in [-0.05, 0) is 18.2 Å². The van der Waals surface area contributed by atoms with Gasteiger partial charge in [0.1, 0.15) is 17.2 Å². The van der Waals surface area contributed by atoms with Gasteiger partial charge in [-0.1, -0.05) is 15.9 Å². The lowest BCUT2D eigenvalue weighted by Crippen LogP contribution is -2.42. The highest BCUT2D eigenvalue weighted by Crippen LogP contribution is 2.23. The monoisotopic (exact) mass is 370 g/mol. The SMILES string of the molecule is Cn1c(Nc2ccc(Br)cc2F)c(C(N)=O)c(=O)n(C)c1=O. The van der Waals surface area contributed by atoms with Gasteiger partial charge in [-0.15, -0.1) is 0 Å². The Kier molecular flexibility index (Phi) is 4.18. The Hall–Kier alpha value is -2.42. The lowest BCUT2D eigenvalue weighted by atomic mass is 10.2. The molecule has 0 spiro atoms. The highest BCUT2D eigenvalue weighted by Gasteiger charge is 2.20. The Morgan fingerprint density at radius 1 is 1.27 bits per heavy atom. The minimum Gasteiger partial charge on any atom is -0.365 e. The van der Waals surface area contributed by atoms with Crippen LogP contribution in [0.4, 0.5) is 15.9 Å². The molecule has 0 bridgehead atoms. The van der Waals surface area contributed by atoms with Crippen LogP contribution >= 0.6 is 15.9 Å². The van der Waals surface area contributed by atoms with E-state index >= 15 is 0 Å². The first-order chi connectivity index (χ1) is 10.2. The third kappa shape index (κ3) is 2.67. The van der Waals surface area contributed by atoms with E-state index in [9.17, 15) is 18.8 Å². The Morgan fingerprint density at radius 3 is 2.45 bits per heavy atom. The Bertz CT molecular complexity index is 888. The van der Waals surface area contributed by atoms with Gasteiger partial charge in [-0.2, -0.15) is 0 Å². The van der Waals surface area contributed by atoms with Crippen molar-refractivity contribution in [3.8, 4) is 0 Å². The van der Waals surface area contributed by atoms with E-state index in [-0.39, 0.29) is 11.5 Å². The largest absolute Gasteiger partial charge is 0.365 e. The molecule has 0 fully saturated rings. The fraction of sp³-hybridized carbons (Fsp3) is 0.154. The van der Waals surface area contributed by atoms with Crippen LogP contribution in [0.1, 0.15) is 10.4 Å². The number of carbonyl (C=O) groups excluding carboxylic acids is 1. The lowest BCUT2D eigenvalue weighted by molar-refractivity contribution is 0.0998. The maximum Gasteiger partial charge on any atom is 0.332 e. The van der Waals surface area contributed by atoms with Gasteiger partial charge in [-0.3, -0.25) is 18.7 Å². The van der Waals surface area contributed by atoms with Crippen LogP contribution in [0.5, 0.6) is 0 Å². The van der Waals surface area contributed by atoms with E-state index < -0.39 is 28.5 Å². The number of amides is 1. The zero-order valence-corrected chi connectivity index (χ0v) is 13.3. The van der Waals surface area contributed by atoms with Crippen LogP contribution < -0.4 is 22.3 Å². The van der Waals surface area contributed by atoms with Crippen molar-refractivity contribution in [1.82, 2.24) is 9.13 Å². The zero-order valence-electron chi connectivity index (χ0n) is 11.7. The van der Waals surface area contributed by atoms with E-state index in [0.29, 0.717) is 4.47 Å². The standard InChI is InChI=1S/C13H12BrFN4O3/c1-18-11(17-8-4-3-6(14)5-7(8)15)9(10(16)20)12(21)19(2)13(18)22/h3-5,17H,1-2H3,(H2,16,20). The minimum absolute atomic E-state index is 0.00560. The summed E-state index contributed by atoms with van der Waals surface area (Å²) in [7, 11) is 2.56. The molecule has 0 radical (unpaired) electrons. The number of nitrogens with two attached hydrogens (primary N) is 1. The normalized spacial score (nSPS) is 10.5. The first-order valence-electron chi connectivity index (χ1n) is 6.06. The summed E-state index contributed by atoms with van der Waals surface area (Å²) in [5, 5.41) is 2.58. The second-order valence-electron chi connectivity index (χ2n) is 4.54. The number of hydrogen-bond donors (Lipinski definition) is 2. The first kappa shape index (κ1) is 16.0. The van der Waals surface area contributed by atoms with Gasteiger partial charge in [0.15, 0.2) is 0 Å². The summed E-state index contributed by atoms with van der Waals surface area (Å²) in [5.74, 6) is -1.81. The van der Waals surface area contributed by atoms with Gasteiger partial charge in [0, 0.05) is 18.6 Å². The van der Waals surface area contributed by atoms with Crippen LogP contribution in [-0.2, 0) is 14.1 Å². The summed E-state index contributed by atoms with van der Waals surface area (Å²) in [6.45, 7) is 0. The number of carbonyl (C=O) groups is 1. The molecule has 2 aromatic rings. The molecule has 22 heavy (non-hydrogen) atoms. The van der Waals surface area contributed by atoms with E-state index in [1.54, 1.807) is 6.07 Å². The number of primary amides is 1. The predicted octanol–water partition coefficient (Wildman–Crippen LogP) is 0.828. The summed E-state index contributed by atoms with van der Waals surface area (Å²) in [6, 6.07) is 4.16. The average Bonchev–Trinajstić information content (AvgIpc) is 2.44. The molecule has 7 nitrogen and oxygen atoms in total. The van der Waals surface area contributed by atoms with Crippen LogP contribution in [0, 0.1) is 5.82 Å². The Labute approximate surface area is 132 Å². The van der Waals surface area contributed by atoms with E-state index in [2.05, 4.69) is 21.2 Å². The first-order valence-corrected chi connectivity index (χ1v) is 6.85. The fourth-order valence-corrected chi connectivity index (χ4v) is 2.26. The molecule has 0 aliphatic rings. The van der Waals surface area contributed by atoms with Crippen LogP contribution in [0.2, 0.25) is 0 Å². The van der Waals surface area contributed by atoms with Gasteiger partial charge in [0.2, 0.25) is 0 Å². The molecule has 1 amide bonds. The number of nitrogens with one attached hydrogen (secondary N) is 1. The van der Waals surface area contributed by atoms with E-state index in [4.69, 9.17) is 5.73 Å². The van der Waals surface area contributed by atoms with Crippen LogP contribution in [0.15, 0.2) is 32.3 Å². The molecular weight excluding hydrogens is 359 g/mol. The van der Waals surface area contributed by atoms with E-state index in [1.807, 2.05) is 0 Å². The summed E-state index contributed by atoms with van der Waals surface area (Å²) < 4.78 is 16.2. The van der Waals surface area contributed by atoms with Crippen molar-refractivity contribution in [1.29, 1.82) is 0 Å². The topological polar surface area (TPSA) is 99.1 Å². The van der Waals surface area contributed by atoms with Crippen molar-refractivity contribution >= 4 is 33.3 Å². The van der Waals surface area contributed by atoms with Crippen LogP contribution in [0.25, 0.3) is 0 Å². The van der Waals surface area contributed by atoms with Crippen LogP contribution in [-0.4, -0.2) is 15.0 Å².